The number of aryl methyl sites for hydroxylation is 2. The van der Waals surface area contributed by atoms with Gasteiger partial charge in [0.25, 0.3) is 0 Å². The molecule has 19 heavy (non-hydrogen) atoms. The minimum absolute atomic E-state index is 0.693. The SMILES string of the molecule is Cc1ccc(Cn2c(C)nc3cccnc32)c(Cl)c1. The van der Waals surface area contributed by atoms with Crippen molar-refractivity contribution in [1.29, 1.82) is 0 Å². The van der Waals surface area contributed by atoms with E-state index in [0.29, 0.717) is 6.54 Å². The highest BCUT2D eigenvalue weighted by molar-refractivity contribution is 6.31. The Hall–Kier alpha value is -1.87. The van der Waals surface area contributed by atoms with E-state index in [0.717, 1.165) is 27.6 Å². The minimum atomic E-state index is 0.693. The third-order valence-corrected chi connectivity index (χ3v) is 3.58. The highest BCUT2D eigenvalue weighted by Crippen LogP contribution is 2.21. The Kier molecular flexibility index (Phi) is 2.99. The smallest absolute Gasteiger partial charge is 0.160 e. The van der Waals surface area contributed by atoms with Crippen LogP contribution in [0.5, 0.6) is 0 Å². The first-order chi connectivity index (χ1) is 9.15. The number of nitrogens with zero attached hydrogens (tertiary/aromatic N) is 3. The molecule has 0 bridgehead atoms. The summed E-state index contributed by atoms with van der Waals surface area (Å²) in [5, 5.41) is 0.789. The first-order valence-electron chi connectivity index (χ1n) is 6.18. The third-order valence-electron chi connectivity index (χ3n) is 3.23. The largest absolute Gasteiger partial charge is 0.308 e. The van der Waals surface area contributed by atoms with Crippen molar-refractivity contribution in [1.82, 2.24) is 14.5 Å². The number of hydrogen-bond acceptors (Lipinski definition) is 2. The topological polar surface area (TPSA) is 30.7 Å². The molecule has 2 aromatic heterocycles. The van der Waals surface area contributed by atoms with Crippen molar-refractivity contribution in [2.24, 2.45) is 0 Å². The Bertz CT molecular complexity index is 746. The number of rotatable bonds is 2. The summed E-state index contributed by atoms with van der Waals surface area (Å²) >= 11 is 6.30. The first-order valence-corrected chi connectivity index (χ1v) is 6.56. The first kappa shape index (κ1) is 12.2. The summed E-state index contributed by atoms with van der Waals surface area (Å²) in [6.45, 7) is 4.72. The van der Waals surface area contributed by atoms with Gasteiger partial charge in [-0.1, -0.05) is 23.7 Å². The summed E-state index contributed by atoms with van der Waals surface area (Å²) < 4.78 is 2.09. The van der Waals surface area contributed by atoms with Gasteiger partial charge in [-0.05, 0) is 43.2 Å². The Labute approximate surface area is 116 Å². The molecule has 0 aliphatic rings. The number of aromatic nitrogens is 3. The Morgan fingerprint density at radius 1 is 1.21 bits per heavy atom. The van der Waals surface area contributed by atoms with Gasteiger partial charge in [0, 0.05) is 11.2 Å². The van der Waals surface area contributed by atoms with E-state index < -0.39 is 0 Å². The van der Waals surface area contributed by atoms with Crippen molar-refractivity contribution in [3.63, 3.8) is 0 Å². The predicted molar refractivity (Wildman–Crippen MR) is 77.6 cm³/mol. The van der Waals surface area contributed by atoms with Crippen LogP contribution in [-0.2, 0) is 6.54 Å². The lowest BCUT2D eigenvalue weighted by molar-refractivity contribution is 0.777. The van der Waals surface area contributed by atoms with Crippen LogP contribution in [0.25, 0.3) is 11.2 Å². The molecule has 0 N–H and O–H groups in total. The van der Waals surface area contributed by atoms with Crippen LogP contribution in [0.1, 0.15) is 17.0 Å². The molecule has 0 amide bonds. The standard InChI is InChI=1S/C15H14ClN3/c1-10-5-6-12(13(16)8-10)9-19-11(2)18-14-4-3-7-17-15(14)19/h3-8H,9H2,1-2H3. The predicted octanol–water partition coefficient (Wildman–Crippen LogP) is 3.75. The van der Waals surface area contributed by atoms with Gasteiger partial charge in [0.15, 0.2) is 5.65 Å². The highest BCUT2D eigenvalue weighted by atomic mass is 35.5. The fraction of sp³-hybridized carbons (Fsp3) is 0.200. The van der Waals surface area contributed by atoms with Crippen LogP contribution < -0.4 is 0 Å². The molecule has 0 aliphatic heterocycles. The molecule has 0 radical (unpaired) electrons. The van der Waals surface area contributed by atoms with Crippen LogP contribution in [-0.4, -0.2) is 14.5 Å². The van der Waals surface area contributed by atoms with Gasteiger partial charge in [0.1, 0.15) is 11.3 Å². The Morgan fingerprint density at radius 3 is 2.84 bits per heavy atom. The Balaban J connectivity index is 2.08. The van der Waals surface area contributed by atoms with Crippen molar-refractivity contribution in [3.8, 4) is 0 Å². The average Bonchev–Trinajstić information content (AvgIpc) is 2.69. The van der Waals surface area contributed by atoms with Gasteiger partial charge in [-0.25, -0.2) is 9.97 Å². The molecule has 0 saturated carbocycles. The zero-order valence-corrected chi connectivity index (χ0v) is 11.6. The lowest BCUT2D eigenvalue weighted by Gasteiger charge is -2.08. The van der Waals surface area contributed by atoms with Crippen molar-refractivity contribution in [3.05, 3.63) is 58.5 Å². The fourth-order valence-electron chi connectivity index (χ4n) is 2.21. The van der Waals surface area contributed by atoms with Crippen molar-refractivity contribution in [2.45, 2.75) is 20.4 Å². The van der Waals surface area contributed by atoms with Gasteiger partial charge in [0.2, 0.25) is 0 Å². The minimum Gasteiger partial charge on any atom is -0.308 e. The zero-order chi connectivity index (χ0) is 13.4. The second kappa shape index (κ2) is 4.67. The number of imidazole rings is 1. The van der Waals surface area contributed by atoms with Crippen LogP contribution in [0.3, 0.4) is 0 Å². The lowest BCUT2D eigenvalue weighted by Crippen LogP contribution is -2.03. The van der Waals surface area contributed by atoms with Gasteiger partial charge >= 0.3 is 0 Å². The Morgan fingerprint density at radius 2 is 2.05 bits per heavy atom. The summed E-state index contributed by atoms with van der Waals surface area (Å²) in [5.74, 6) is 0.949. The van der Waals surface area contributed by atoms with E-state index in [1.165, 1.54) is 5.56 Å². The lowest BCUT2D eigenvalue weighted by atomic mass is 10.1. The molecule has 0 saturated heterocycles. The third kappa shape index (κ3) is 2.22. The maximum atomic E-state index is 6.30. The van der Waals surface area contributed by atoms with Gasteiger partial charge in [-0.15, -0.1) is 0 Å². The van der Waals surface area contributed by atoms with Crippen LogP contribution in [0.4, 0.5) is 0 Å². The molecule has 3 rings (SSSR count). The highest BCUT2D eigenvalue weighted by Gasteiger charge is 2.10. The molecule has 1 aromatic carbocycles. The quantitative estimate of drug-likeness (QED) is 0.711. The van der Waals surface area contributed by atoms with E-state index in [1.807, 2.05) is 32.0 Å². The molecular formula is C15H14ClN3. The maximum absolute atomic E-state index is 6.30. The molecule has 0 unspecified atom stereocenters. The van der Waals surface area contributed by atoms with E-state index >= 15 is 0 Å². The van der Waals surface area contributed by atoms with Crippen LogP contribution in [0, 0.1) is 13.8 Å². The molecular weight excluding hydrogens is 258 g/mol. The van der Waals surface area contributed by atoms with Crippen molar-refractivity contribution < 1.29 is 0 Å². The number of pyridine rings is 1. The van der Waals surface area contributed by atoms with Gasteiger partial charge in [-0.3, -0.25) is 0 Å². The molecule has 0 aliphatic carbocycles. The van der Waals surface area contributed by atoms with Crippen molar-refractivity contribution >= 4 is 22.8 Å². The molecule has 3 aromatic rings. The second-order valence-electron chi connectivity index (χ2n) is 4.69. The summed E-state index contributed by atoms with van der Waals surface area (Å²) in [6.07, 6.45) is 1.79. The summed E-state index contributed by atoms with van der Waals surface area (Å²) in [5.41, 5.74) is 4.07. The van der Waals surface area contributed by atoms with E-state index in [4.69, 9.17) is 11.6 Å². The number of fused-ring (bicyclic) bond motifs is 1. The van der Waals surface area contributed by atoms with E-state index in [-0.39, 0.29) is 0 Å². The number of benzene rings is 1. The average molecular weight is 272 g/mol. The maximum Gasteiger partial charge on any atom is 0.160 e. The second-order valence-corrected chi connectivity index (χ2v) is 5.09. The van der Waals surface area contributed by atoms with Gasteiger partial charge in [0.05, 0.1) is 6.54 Å². The molecule has 0 atom stereocenters. The van der Waals surface area contributed by atoms with Gasteiger partial charge in [-0.2, -0.15) is 0 Å². The normalized spacial score (nSPS) is 11.1. The molecule has 0 fully saturated rings. The van der Waals surface area contributed by atoms with E-state index in [1.54, 1.807) is 6.20 Å². The summed E-state index contributed by atoms with van der Waals surface area (Å²) in [4.78, 5) is 8.92. The van der Waals surface area contributed by atoms with Crippen molar-refractivity contribution in [2.75, 3.05) is 0 Å². The molecule has 0 spiro atoms. The number of halogens is 1. The molecule has 4 heteroatoms. The number of hydrogen-bond donors (Lipinski definition) is 0. The van der Waals surface area contributed by atoms with E-state index in [9.17, 15) is 0 Å². The zero-order valence-electron chi connectivity index (χ0n) is 10.9. The monoisotopic (exact) mass is 271 g/mol. The molecule has 96 valence electrons. The summed E-state index contributed by atoms with van der Waals surface area (Å²) in [6, 6.07) is 9.99. The molecule has 2 heterocycles. The van der Waals surface area contributed by atoms with Crippen LogP contribution in [0.15, 0.2) is 36.5 Å². The molecule has 3 nitrogen and oxygen atoms in total. The summed E-state index contributed by atoms with van der Waals surface area (Å²) in [7, 11) is 0. The van der Waals surface area contributed by atoms with Gasteiger partial charge < -0.3 is 4.57 Å². The van der Waals surface area contributed by atoms with Crippen LogP contribution in [0.2, 0.25) is 5.02 Å². The van der Waals surface area contributed by atoms with E-state index in [2.05, 4.69) is 26.7 Å². The van der Waals surface area contributed by atoms with Crippen LogP contribution >= 0.6 is 11.6 Å². The fourth-order valence-corrected chi connectivity index (χ4v) is 2.51.